The number of ether oxygens (including phenoxy) is 2. The molecular formula is C16H14O4. The van der Waals surface area contributed by atoms with E-state index in [0.29, 0.717) is 17.7 Å². The molecule has 0 aliphatic carbocycles. The van der Waals surface area contributed by atoms with E-state index in [1.54, 1.807) is 30.3 Å². The maximum Gasteiger partial charge on any atom is 0.342 e. The average Bonchev–Trinajstić information content (AvgIpc) is 2.47. The minimum absolute atomic E-state index is 0.193. The van der Waals surface area contributed by atoms with Crippen molar-refractivity contribution in [2.24, 2.45) is 0 Å². The van der Waals surface area contributed by atoms with Crippen molar-refractivity contribution in [3.05, 3.63) is 59.2 Å². The molecule has 1 heterocycles. The molecule has 102 valence electrons. The van der Waals surface area contributed by atoms with Crippen LogP contribution in [-0.2, 0) is 11.2 Å². The standard InChI is InChI=1S/C16H14O4/c1-19-13-4-2-3-11-9-14(20-16(18)15(11)13)10-5-7-12(17)8-6-10/h2-8,14,17H,9H2,1H3/t14-/m1/s1. The number of fused-ring (bicyclic) bond motifs is 1. The Bertz CT molecular complexity index is 646. The summed E-state index contributed by atoms with van der Waals surface area (Å²) >= 11 is 0. The zero-order valence-electron chi connectivity index (χ0n) is 11.0. The highest BCUT2D eigenvalue weighted by atomic mass is 16.5. The number of cyclic esters (lactones) is 1. The van der Waals surface area contributed by atoms with Crippen LogP contribution in [0.2, 0.25) is 0 Å². The minimum atomic E-state index is -0.373. The fourth-order valence-electron chi connectivity index (χ4n) is 2.45. The van der Waals surface area contributed by atoms with Gasteiger partial charge in [0.05, 0.1) is 7.11 Å². The Morgan fingerprint density at radius 3 is 2.65 bits per heavy atom. The molecular weight excluding hydrogens is 256 g/mol. The molecule has 20 heavy (non-hydrogen) atoms. The van der Waals surface area contributed by atoms with Gasteiger partial charge in [-0.15, -0.1) is 0 Å². The summed E-state index contributed by atoms with van der Waals surface area (Å²) in [6.45, 7) is 0. The third kappa shape index (κ3) is 2.09. The van der Waals surface area contributed by atoms with E-state index in [0.717, 1.165) is 11.1 Å². The normalized spacial score (nSPS) is 17.2. The van der Waals surface area contributed by atoms with Gasteiger partial charge in [0, 0.05) is 6.42 Å². The molecule has 2 aromatic rings. The van der Waals surface area contributed by atoms with Gasteiger partial charge in [-0.1, -0.05) is 24.3 Å². The molecule has 0 aromatic heterocycles. The van der Waals surface area contributed by atoms with Gasteiger partial charge in [0.25, 0.3) is 0 Å². The van der Waals surface area contributed by atoms with Gasteiger partial charge in [0.1, 0.15) is 23.2 Å². The lowest BCUT2D eigenvalue weighted by Crippen LogP contribution is -2.22. The van der Waals surface area contributed by atoms with Gasteiger partial charge in [0.15, 0.2) is 0 Å². The maximum absolute atomic E-state index is 12.2. The van der Waals surface area contributed by atoms with E-state index in [4.69, 9.17) is 9.47 Å². The minimum Gasteiger partial charge on any atom is -0.508 e. The van der Waals surface area contributed by atoms with E-state index < -0.39 is 0 Å². The molecule has 0 unspecified atom stereocenters. The average molecular weight is 270 g/mol. The summed E-state index contributed by atoms with van der Waals surface area (Å²) in [5.41, 5.74) is 2.29. The Balaban J connectivity index is 1.97. The summed E-state index contributed by atoms with van der Waals surface area (Å²) in [6, 6.07) is 12.2. The van der Waals surface area contributed by atoms with Crippen LogP contribution in [0.15, 0.2) is 42.5 Å². The van der Waals surface area contributed by atoms with Gasteiger partial charge in [-0.05, 0) is 29.3 Å². The Hall–Kier alpha value is -2.49. The lowest BCUT2D eigenvalue weighted by atomic mass is 9.94. The van der Waals surface area contributed by atoms with E-state index in [9.17, 15) is 9.90 Å². The van der Waals surface area contributed by atoms with Crippen molar-refractivity contribution in [3.8, 4) is 11.5 Å². The number of hydrogen-bond acceptors (Lipinski definition) is 4. The fourth-order valence-corrected chi connectivity index (χ4v) is 2.45. The van der Waals surface area contributed by atoms with Crippen molar-refractivity contribution in [1.82, 2.24) is 0 Å². The number of phenols is 1. The second kappa shape index (κ2) is 4.89. The van der Waals surface area contributed by atoms with Gasteiger partial charge < -0.3 is 14.6 Å². The van der Waals surface area contributed by atoms with Gasteiger partial charge in [-0.3, -0.25) is 0 Å². The summed E-state index contributed by atoms with van der Waals surface area (Å²) in [7, 11) is 1.54. The molecule has 0 spiro atoms. The lowest BCUT2D eigenvalue weighted by molar-refractivity contribution is 0.0248. The van der Waals surface area contributed by atoms with E-state index in [1.807, 2.05) is 12.1 Å². The Morgan fingerprint density at radius 2 is 1.95 bits per heavy atom. The SMILES string of the molecule is COc1cccc2c1C(=O)O[C@@H](c1ccc(O)cc1)C2. The zero-order valence-corrected chi connectivity index (χ0v) is 11.0. The van der Waals surface area contributed by atoms with Crippen LogP contribution >= 0.6 is 0 Å². The predicted molar refractivity (Wildman–Crippen MR) is 73.0 cm³/mol. The number of methoxy groups -OCH3 is 1. The van der Waals surface area contributed by atoms with Crippen LogP contribution < -0.4 is 4.74 Å². The van der Waals surface area contributed by atoms with Gasteiger partial charge >= 0.3 is 5.97 Å². The van der Waals surface area contributed by atoms with Crippen molar-refractivity contribution >= 4 is 5.97 Å². The molecule has 4 heteroatoms. The molecule has 0 bridgehead atoms. The van der Waals surface area contributed by atoms with Crippen molar-refractivity contribution < 1.29 is 19.4 Å². The van der Waals surface area contributed by atoms with Crippen molar-refractivity contribution in [1.29, 1.82) is 0 Å². The molecule has 0 saturated carbocycles. The molecule has 0 fully saturated rings. The third-order valence-corrected chi connectivity index (χ3v) is 3.46. The molecule has 1 atom stereocenters. The first-order valence-corrected chi connectivity index (χ1v) is 6.35. The van der Waals surface area contributed by atoms with Crippen LogP contribution in [0.25, 0.3) is 0 Å². The quantitative estimate of drug-likeness (QED) is 0.852. The molecule has 4 nitrogen and oxygen atoms in total. The van der Waals surface area contributed by atoms with Crippen LogP contribution in [0.3, 0.4) is 0 Å². The summed E-state index contributed by atoms with van der Waals surface area (Å²) < 4.78 is 10.7. The monoisotopic (exact) mass is 270 g/mol. The molecule has 0 amide bonds. The van der Waals surface area contributed by atoms with E-state index in [-0.39, 0.29) is 17.8 Å². The first kappa shape index (κ1) is 12.5. The molecule has 1 N–H and O–H groups in total. The Morgan fingerprint density at radius 1 is 1.20 bits per heavy atom. The summed E-state index contributed by atoms with van der Waals surface area (Å²) in [5, 5.41) is 9.31. The largest absolute Gasteiger partial charge is 0.508 e. The van der Waals surface area contributed by atoms with Crippen LogP contribution in [-0.4, -0.2) is 18.2 Å². The van der Waals surface area contributed by atoms with Crippen molar-refractivity contribution in [3.63, 3.8) is 0 Å². The summed E-state index contributed by atoms with van der Waals surface area (Å²) in [4.78, 5) is 12.2. The van der Waals surface area contributed by atoms with Crippen molar-refractivity contribution in [2.45, 2.75) is 12.5 Å². The lowest BCUT2D eigenvalue weighted by Gasteiger charge is -2.26. The molecule has 2 aromatic carbocycles. The topological polar surface area (TPSA) is 55.8 Å². The predicted octanol–water partition coefficient (Wildman–Crippen LogP) is 2.86. The van der Waals surface area contributed by atoms with Crippen LogP contribution in [0.4, 0.5) is 0 Å². The van der Waals surface area contributed by atoms with Gasteiger partial charge in [-0.2, -0.15) is 0 Å². The fraction of sp³-hybridized carbons (Fsp3) is 0.188. The second-order valence-corrected chi connectivity index (χ2v) is 4.68. The Labute approximate surface area is 116 Å². The van der Waals surface area contributed by atoms with Crippen LogP contribution in [0.1, 0.15) is 27.6 Å². The summed E-state index contributed by atoms with van der Waals surface area (Å²) in [6.07, 6.45) is 0.269. The van der Waals surface area contributed by atoms with Gasteiger partial charge in [-0.25, -0.2) is 4.79 Å². The highest BCUT2D eigenvalue weighted by molar-refractivity contribution is 5.95. The van der Waals surface area contributed by atoms with Gasteiger partial charge in [0.2, 0.25) is 0 Å². The molecule has 1 aliphatic rings. The number of rotatable bonds is 2. The first-order chi connectivity index (χ1) is 9.69. The number of phenolic OH excluding ortho intramolecular Hbond substituents is 1. The number of aromatic hydroxyl groups is 1. The number of benzene rings is 2. The molecule has 0 saturated heterocycles. The number of hydrogen-bond donors (Lipinski definition) is 1. The van der Waals surface area contributed by atoms with E-state index >= 15 is 0 Å². The Kier molecular flexibility index (Phi) is 3.06. The summed E-state index contributed by atoms with van der Waals surface area (Å²) in [5.74, 6) is 0.358. The maximum atomic E-state index is 12.2. The van der Waals surface area contributed by atoms with E-state index in [1.165, 1.54) is 7.11 Å². The third-order valence-electron chi connectivity index (χ3n) is 3.46. The first-order valence-electron chi connectivity index (χ1n) is 6.35. The van der Waals surface area contributed by atoms with E-state index in [2.05, 4.69) is 0 Å². The van der Waals surface area contributed by atoms with Crippen molar-refractivity contribution in [2.75, 3.05) is 7.11 Å². The van der Waals surface area contributed by atoms with Crippen LogP contribution in [0.5, 0.6) is 11.5 Å². The molecule has 1 aliphatic heterocycles. The smallest absolute Gasteiger partial charge is 0.342 e. The highest BCUT2D eigenvalue weighted by Gasteiger charge is 2.30. The molecule has 0 radical (unpaired) electrons. The number of esters is 1. The van der Waals surface area contributed by atoms with Crippen LogP contribution in [0, 0.1) is 0 Å². The zero-order chi connectivity index (χ0) is 14.1. The highest BCUT2D eigenvalue weighted by Crippen LogP contribution is 2.35. The second-order valence-electron chi connectivity index (χ2n) is 4.68. The molecule has 3 rings (SSSR count). The number of carbonyl (C=O) groups excluding carboxylic acids is 1. The number of carbonyl (C=O) groups is 1.